The Morgan fingerprint density at radius 1 is 1.05 bits per heavy atom. The molecule has 3 rings (SSSR count). The molecule has 0 amide bonds. The third kappa shape index (κ3) is 2.55. The van der Waals surface area contributed by atoms with Gasteiger partial charge in [-0.1, -0.05) is 42.5 Å². The van der Waals surface area contributed by atoms with Crippen molar-refractivity contribution in [3.05, 3.63) is 60.7 Å². The van der Waals surface area contributed by atoms with Crippen molar-refractivity contribution in [2.45, 2.75) is 6.04 Å². The highest BCUT2D eigenvalue weighted by Crippen LogP contribution is 2.26. The maximum Gasteiger partial charge on any atom is 0.0594 e. The Morgan fingerprint density at radius 3 is 2.53 bits per heavy atom. The summed E-state index contributed by atoms with van der Waals surface area (Å²) in [5, 5.41) is 2.58. The third-order valence-electron chi connectivity index (χ3n) is 3.78. The van der Waals surface area contributed by atoms with E-state index < -0.39 is 0 Å². The van der Waals surface area contributed by atoms with Crippen molar-refractivity contribution in [3.63, 3.8) is 0 Å². The van der Waals surface area contributed by atoms with Crippen LogP contribution < -0.4 is 0 Å². The average molecular weight is 253 g/mol. The van der Waals surface area contributed by atoms with Crippen LogP contribution in [0.15, 0.2) is 55.1 Å². The van der Waals surface area contributed by atoms with Crippen LogP contribution in [0.3, 0.4) is 0 Å². The molecule has 0 aliphatic carbocycles. The first-order valence-electron chi connectivity index (χ1n) is 6.81. The SMILES string of the molecule is C=CC(c1ccc2ccccc2c1)N1CCOCC1. The molecule has 0 N–H and O–H groups in total. The number of ether oxygens (including phenoxy) is 1. The van der Waals surface area contributed by atoms with Gasteiger partial charge in [0.15, 0.2) is 0 Å². The lowest BCUT2D eigenvalue weighted by Crippen LogP contribution is -2.38. The third-order valence-corrected chi connectivity index (χ3v) is 3.78. The van der Waals surface area contributed by atoms with Gasteiger partial charge >= 0.3 is 0 Å². The van der Waals surface area contributed by atoms with Gasteiger partial charge in [-0.2, -0.15) is 0 Å². The van der Waals surface area contributed by atoms with Crippen molar-refractivity contribution >= 4 is 10.8 Å². The van der Waals surface area contributed by atoms with Crippen LogP contribution in [0.4, 0.5) is 0 Å². The Labute approximate surface area is 114 Å². The summed E-state index contributed by atoms with van der Waals surface area (Å²) in [5.41, 5.74) is 1.32. The number of benzene rings is 2. The van der Waals surface area contributed by atoms with Crippen LogP contribution in [0.2, 0.25) is 0 Å². The molecule has 2 aromatic rings. The van der Waals surface area contributed by atoms with Crippen molar-refractivity contribution < 1.29 is 4.74 Å². The summed E-state index contributed by atoms with van der Waals surface area (Å²) in [4.78, 5) is 2.43. The maximum absolute atomic E-state index is 5.42. The van der Waals surface area contributed by atoms with Gasteiger partial charge in [0, 0.05) is 13.1 Å². The van der Waals surface area contributed by atoms with Gasteiger partial charge in [-0.3, -0.25) is 4.90 Å². The van der Waals surface area contributed by atoms with Gasteiger partial charge in [0.25, 0.3) is 0 Å². The Morgan fingerprint density at radius 2 is 1.79 bits per heavy atom. The maximum atomic E-state index is 5.42. The number of rotatable bonds is 3. The van der Waals surface area contributed by atoms with Crippen LogP contribution in [0.5, 0.6) is 0 Å². The fourth-order valence-electron chi connectivity index (χ4n) is 2.74. The summed E-state index contributed by atoms with van der Waals surface area (Å²) >= 11 is 0. The van der Waals surface area contributed by atoms with Crippen LogP contribution in [0.1, 0.15) is 11.6 Å². The number of fused-ring (bicyclic) bond motifs is 1. The van der Waals surface area contributed by atoms with Gasteiger partial charge in [0.1, 0.15) is 0 Å². The zero-order valence-electron chi connectivity index (χ0n) is 11.1. The molecule has 98 valence electrons. The Balaban J connectivity index is 1.93. The topological polar surface area (TPSA) is 12.5 Å². The lowest BCUT2D eigenvalue weighted by Gasteiger charge is -2.33. The molecule has 1 aliphatic rings. The van der Waals surface area contributed by atoms with E-state index in [-0.39, 0.29) is 6.04 Å². The van der Waals surface area contributed by atoms with E-state index in [1.54, 1.807) is 0 Å². The molecule has 19 heavy (non-hydrogen) atoms. The van der Waals surface area contributed by atoms with Crippen molar-refractivity contribution in [1.29, 1.82) is 0 Å². The second-order valence-electron chi connectivity index (χ2n) is 4.94. The highest BCUT2D eigenvalue weighted by Gasteiger charge is 2.19. The largest absolute Gasteiger partial charge is 0.379 e. The van der Waals surface area contributed by atoms with Crippen LogP contribution in [-0.4, -0.2) is 31.2 Å². The smallest absolute Gasteiger partial charge is 0.0594 e. The predicted molar refractivity (Wildman–Crippen MR) is 79.3 cm³/mol. The van der Waals surface area contributed by atoms with Gasteiger partial charge < -0.3 is 4.74 Å². The summed E-state index contributed by atoms with van der Waals surface area (Å²) < 4.78 is 5.42. The van der Waals surface area contributed by atoms with Gasteiger partial charge in [0.05, 0.1) is 19.3 Å². The molecular weight excluding hydrogens is 234 g/mol. The second kappa shape index (κ2) is 5.55. The van der Waals surface area contributed by atoms with E-state index in [1.165, 1.54) is 16.3 Å². The van der Waals surface area contributed by atoms with E-state index in [0.717, 1.165) is 26.3 Å². The Bertz CT molecular complexity index is 572. The fourth-order valence-corrected chi connectivity index (χ4v) is 2.74. The fraction of sp³-hybridized carbons (Fsp3) is 0.294. The van der Waals surface area contributed by atoms with E-state index in [1.807, 2.05) is 6.08 Å². The zero-order chi connectivity index (χ0) is 13.1. The number of morpholine rings is 1. The number of hydrogen-bond acceptors (Lipinski definition) is 2. The highest BCUT2D eigenvalue weighted by atomic mass is 16.5. The molecule has 0 radical (unpaired) electrons. The zero-order valence-corrected chi connectivity index (χ0v) is 11.1. The van der Waals surface area contributed by atoms with Crippen molar-refractivity contribution in [2.24, 2.45) is 0 Å². The Hall–Kier alpha value is -1.64. The van der Waals surface area contributed by atoms with Crippen LogP contribution in [-0.2, 0) is 4.74 Å². The molecule has 0 aromatic heterocycles. The molecule has 2 nitrogen and oxygen atoms in total. The van der Waals surface area contributed by atoms with Crippen molar-refractivity contribution in [1.82, 2.24) is 4.90 Å². The van der Waals surface area contributed by atoms with E-state index in [2.05, 4.69) is 53.9 Å². The van der Waals surface area contributed by atoms with Gasteiger partial charge in [-0.25, -0.2) is 0 Å². The molecule has 1 unspecified atom stereocenters. The van der Waals surface area contributed by atoms with Crippen LogP contribution in [0, 0.1) is 0 Å². The molecule has 1 fully saturated rings. The molecule has 2 heteroatoms. The van der Waals surface area contributed by atoms with Crippen LogP contribution >= 0.6 is 0 Å². The predicted octanol–water partition coefficient (Wildman–Crippen LogP) is 3.40. The summed E-state index contributed by atoms with van der Waals surface area (Å²) in [7, 11) is 0. The number of nitrogens with zero attached hydrogens (tertiary/aromatic N) is 1. The minimum absolute atomic E-state index is 0.286. The summed E-state index contributed by atoms with van der Waals surface area (Å²) in [6.45, 7) is 7.60. The van der Waals surface area contributed by atoms with E-state index in [0.29, 0.717) is 0 Å². The van der Waals surface area contributed by atoms with E-state index >= 15 is 0 Å². The van der Waals surface area contributed by atoms with Crippen molar-refractivity contribution in [2.75, 3.05) is 26.3 Å². The highest BCUT2D eigenvalue weighted by molar-refractivity contribution is 5.83. The second-order valence-corrected chi connectivity index (χ2v) is 4.94. The first-order chi connectivity index (χ1) is 9.38. The summed E-state index contributed by atoms with van der Waals surface area (Å²) in [5.74, 6) is 0. The first kappa shape index (κ1) is 12.4. The van der Waals surface area contributed by atoms with Gasteiger partial charge in [-0.15, -0.1) is 6.58 Å². The quantitative estimate of drug-likeness (QED) is 0.777. The summed E-state index contributed by atoms with van der Waals surface area (Å²) in [6, 6.07) is 15.4. The monoisotopic (exact) mass is 253 g/mol. The lowest BCUT2D eigenvalue weighted by atomic mass is 10.0. The first-order valence-corrected chi connectivity index (χ1v) is 6.81. The van der Waals surface area contributed by atoms with Crippen molar-refractivity contribution in [3.8, 4) is 0 Å². The molecule has 1 atom stereocenters. The average Bonchev–Trinajstić information content (AvgIpc) is 2.49. The summed E-state index contributed by atoms with van der Waals surface area (Å²) in [6.07, 6.45) is 2.04. The minimum atomic E-state index is 0.286. The molecule has 1 saturated heterocycles. The molecule has 0 bridgehead atoms. The molecular formula is C17H19NO. The normalized spacial score (nSPS) is 18.3. The molecule has 1 heterocycles. The standard InChI is InChI=1S/C17H19NO/c1-2-17(18-9-11-19-12-10-18)16-8-7-14-5-3-4-6-15(14)13-16/h2-8,13,17H,1,9-12H2. The number of hydrogen-bond donors (Lipinski definition) is 0. The molecule has 1 aliphatic heterocycles. The molecule has 0 saturated carbocycles. The van der Waals surface area contributed by atoms with Crippen LogP contribution in [0.25, 0.3) is 10.8 Å². The minimum Gasteiger partial charge on any atom is -0.379 e. The van der Waals surface area contributed by atoms with E-state index in [9.17, 15) is 0 Å². The lowest BCUT2D eigenvalue weighted by molar-refractivity contribution is 0.0254. The Kier molecular flexibility index (Phi) is 3.62. The van der Waals surface area contributed by atoms with Gasteiger partial charge in [0.2, 0.25) is 0 Å². The molecule has 2 aromatic carbocycles. The molecule has 0 spiro atoms. The van der Waals surface area contributed by atoms with E-state index in [4.69, 9.17) is 4.74 Å². The van der Waals surface area contributed by atoms with Gasteiger partial charge in [-0.05, 0) is 22.4 Å².